The largest absolute Gasteiger partial charge is 0.481 e. The summed E-state index contributed by atoms with van der Waals surface area (Å²) in [6, 6.07) is 4.76. The third-order valence-electron chi connectivity index (χ3n) is 2.80. The number of H-pyrrole nitrogens is 1. The van der Waals surface area contributed by atoms with Gasteiger partial charge in [-0.2, -0.15) is 0 Å². The molecule has 2 N–H and O–H groups in total. The van der Waals surface area contributed by atoms with Crippen LogP contribution in [0.5, 0.6) is 5.88 Å². The van der Waals surface area contributed by atoms with Gasteiger partial charge in [0.15, 0.2) is 0 Å². The highest BCUT2D eigenvalue weighted by Gasteiger charge is 2.16. The highest BCUT2D eigenvalue weighted by atomic mass is 35.5. The molecule has 0 aliphatic heterocycles. The Hall–Kier alpha value is -2.34. The van der Waals surface area contributed by atoms with Crippen LogP contribution in [-0.2, 0) is 0 Å². The van der Waals surface area contributed by atoms with Crippen molar-refractivity contribution >= 4 is 34.1 Å². The van der Waals surface area contributed by atoms with E-state index in [0.29, 0.717) is 33.4 Å². The van der Waals surface area contributed by atoms with Crippen molar-refractivity contribution in [1.82, 2.24) is 15.0 Å². The Morgan fingerprint density at radius 3 is 2.75 bits per heavy atom. The first-order valence-corrected chi connectivity index (χ1v) is 6.15. The lowest BCUT2D eigenvalue weighted by Crippen LogP contribution is -1.98. The highest BCUT2D eigenvalue weighted by molar-refractivity contribution is 6.30. The Bertz CT molecular complexity index is 757. The summed E-state index contributed by atoms with van der Waals surface area (Å²) < 4.78 is 19.2. The lowest BCUT2D eigenvalue weighted by Gasteiger charge is -2.06. The number of aromatic amines is 1. The van der Waals surface area contributed by atoms with Crippen LogP contribution in [0.15, 0.2) is 30.6 Å². The zero-order chi connectivity index (χ0) is 14.1. The Kier molecular flexibility index (Phi) is 3.15. The Labute approximate surface area is 118 Å². The Morgan fingerprint density at radius 1 is 1.30 bits per heavy atom. The van der Waals surface area contributed by atoms with E-state index in [0.717, 1.165) is 0 Å². The molecule has 0 bridgehead atoms. The van der Waals surface area contributed by atoms with Crippen LogP contribution in [0, 0.1) is 5.82 Å². The molecule has 0 fully saturated rings. The maximum Gasteiger partial charge on any atom is 0.227 e. The number of hydrogen-bond acceptors (Lipinski definition) is 4. The molecular formula is C13H10ClFN4O. The van der Waals surface area contributed by atoms with Gasteiger partial charge in [0.1, 0.15) is 11.5 Å². The number of benzene rings is 1. The van der Waals surface area contributed by atoms with Crippen molar-refractivity contribution in [2.24, 2.45) is 0 Å². The molecule has 0 spiro atoms. The molecule has 20 heavy (non-hydrogen) atoms. The SMILES string of the molecule is COc1[nH]c2cccc(F)c2c1Nc1ncc(Cl)cn1. The van der Waals surface area contributed by atoms with Crippen LogP contribution >= 0.6 is 11.6 Å². The maximum atomic E-state index is 14.0. The normalized spacial score (nSPS) is 10.8. The van der Waals surface area contributed by atoms with Gasteiger partial charge in [0.2, 0.25) is 11.8 Å². The molecule has 5 nitrogen and oxygen atoms in total. The standard InChI is InChI=1S/C13H10ClFN4O/c1-20-12-11(19-13-16-5-7(14)6-17-13)10-8(15)3-2-4-9(10)18-12/h2-6,18H,1H3,(H,16,17,19). The number of nitrogens with one attached hydrogen (secondary N) is 2. The monoisotopic (exact) mass is 292 g/mol. The number of rotatable bonds is 3. The summed E-state index contributed by atoms with van der Waals surface area (Å²) in [6.45, 7) is 0. The van der Waals surface area contributed by atoms with Gasteiger partial charge in [-0.15, -0.1) is 0 Å². The van der Waals surface area contributed by atoms with Crippen molar-refractivity contribution < 1.29 is 9.13 Å². The Morgan fingerprint density at radius 2 is 2.05 bits per heavy atom. The zero-order valence-corrected chi connectivity index (χ0v) is 11.2. The van der Waals surface area contributed by atoms with E-state index in [2.05, 4.69) is 20.3 Å². The van der Waals surface area contributed by atoms with E-state index in [1.165, 1.54) is 25.6 Å². The number of fused-ring (bicyclic) bond motifs is 1. The number of aromatic nitrogens is 3. The van der Waals surface area contributed by atoms with Gasteiger partial charge in [-0.05, 0) is 12.1 Å². The summed E-state index contributed by atoms with van der Waals surface area (Å²) >= 11 is 5.73. The van der Waals surface area contributed by atoms with Crippen molar-refractivity contribution in [1.29, 1.82) is 0 Å². The van der Waals surface area contributed by atoms with Gasteiger partial charge in [0.05, 0.1) is 35.4 Å². The van der Waals surface area contributed by atoms with Crippen molar-refractivity contribution in [3.8, 4) is 5.88 Å². The number of hydrogen-bond donors (Lipinski definition) is 2. The molecule has 0 aliphatic rings. The molecule has 0 unspecified atom stereocenters. The minimum Gasteiger partial charge on any atom is -0.481 e. The fourth-order valence-corrected chi connectivity index (χ4v) is 2.04. The van der Waals surface area contributed by atoms with Crippen molar-refractivity contribution in [2.45, 2.75) is 0 Å². The molecule has 2 heterocycles. The first kappa shape index (κ1) is 12.7. The van der Waals surface area contributed by atoms with E-state index in [4.69, 9.17) is 16.3 Å². The van der Waals surface area contributed by atoms with Gasteiger partial charge in [0, 0.05) is 0 Å². The summed E-state index contributed by atoms with van der Waals surface area (Å²) in [4.78, 5) is 11.0. The number of nitrogens with zero attached hydrogens (tertiary/aromatic N) is 2. The summed E-state index contributed by atoms with van der Waals surface area (Å²) in [5, 5.41) is 3.75. The lowest BCUT2D eigenvalue weighted by molar-refractivity contribution is 0.403. The van der Waals surface area contributed by atoms with Crippen LogP contribution in [0.3, 0.4) is 0 Å². The first-order chi connectivity index (χ1) is 9.69. The molecule has 2 aromatic heterocycles. The maximum absolute atomic E-state index is 14.0. The molecule has 0 atom stereocenters. The van der Waals surface area contributed by atoms with Crippen LogP contribution < -0.4 is 10.1 Å². The smallest absolute Gasteiger partial charge is 0.227 e. The predicted molar refractivity (Wildman–Crippen MR) is 75.1 cm³/mol. The van der Waals surface area contributed by atoms with Gasteiger partial charge < -0.3 is 15.0 Å². The average molecular weight is 293 g/mol. The van der Waals surface area contributed by atoms with E-state index in [-0.39, 0.29) is 5.82 Å². The fraction of sp³-hybridized carbons (Fsp3) is 0.0769. The Balaban J connectivity index is 2.11. The molecule has 0 amide bonds. The summed E-state index contributed by atoms with van der Waals surface area (Å²) in [6.07, 6.45) is 2.91. The first-order valence-electron chi connectivity index (χ1n) is 5.78. The minimum absolute atomic E-state index is 0.303. The molecule has 1 aromatic carbocycles. The van der Waals surface area contributed by atoms with E-state index in [9.17, 15) is 4.39 Å². The molecule has 3 rings (SSSR count). The van der Waals surface area contributed by atoms with E-state index in [1.54, 1.807) is 12.1 Å². The van der Waals surface area contributed by atoms with Gasteiger partial charge >= 0.3 is 0 Å². The lowest BCUT2D eigenvalue weighted by atomic mass is 10.2. The molecule has 102 valence electrons. The summed E-state index contributed by atoms with van der Waals surface area (Å²) in [5.74, 6) is 0.346. The van der Waals surface area contributed by atoms with Gasteiger partial charge in [-0.3, -0.25) is 0 Å². The van der Waals surface area contributed by atoms with Gasteiger partial charge in [0.25, 0.3) is 0 Å². The van der Waals surface area contributed by atoms with Crippen molar-refractivity contribution in [3.63, 3.8) is 0 Å². The van der Waals surface area contributed by atoms with Crippen LogP contribution in [0.2, 0.25) is 5.02 Å². The summed E-state index contributed by atoms with van der Waals surface area (Å²) in [7, 11) is 1.50. The van der Waals surface area contributed by atoms with E-state index < -0.39 is 0 Å². The van der Waals surface area contributed by atoms with Gasteiger partial charge in [-0.1, -0.05) is 17.7 Å². The predicted octanol–water partition coefficient (Wildman–Crippen LogP) is 3.50. The van der Waals surface area contributed by atoms with E-state index >= 15 is 0 Å². The van der Waals surface area contributed by atoms with Crippen molar-refractivity contribution in [2.75, 3.05) is 12.4 Å². The molecule has 0 saturated heterocycles. The van der Waals surface area contributed by atoms with Crippen LogP contribution in [0.25, 0.3) is 10.9 Å². The van der Waals surface area contributed by atoms with E-state index in [1.807, 2.05) is 0 Å². The fourth-order valence-electron chi connectivity index (χ4n) is 1.94. The van der Waals surface area contributed by atoms with Crippen LogP contribution in [0.4, 0.5) is 16.0 Å². The zero-order valence-electron chi connectivity index (χ0n) is 10.4. The third kappa shape index (κ3) is 2.14. The molecule has 3 aromatic rings. The van der Waals surface area contributed by atoms with Crippen LogP contribution in [0.1, 0.15) is 0 Å². The second kappa shape index (κ2) is 4.97. The molecule has 0 saturated carbocycles. The highest BCUT2D eigenvalue weighted by Crippen LogP contribution is 2.36. The molecule has 7 heteroatoms. The number of ether oxygens (including phenoxy) is 1. The number of halogens is 2. The van der Waals surface area contributed by atoms with Crippen molar-refractivity contribution in [3.05, 3.63) is 41.4 Å². The molecule has 0 aliphatic carbocycles. The second-order valence-electron chi connectivity index (χ2n) is 4.05. The van der Waals surface area contributed by atoms with Crippen LogP contribution in [-0.4, -0.2) is 22.1 Å². The third-order valence-corrected chi connectivity index (χ3v) is 3.00. The van der Waals surface area contributed by atoms with Gasteiger partial charge in [-0.25, -0.2) is 14.4 Å². The topological polar surface area (TPSA) is 62.8 Å². The quantitative estimate of drug-likeness (QED) is 0.775. The minimum atomic E-state index is -0.362. The number of anilines is 2. The average Bonchev–Trinajstić information content (AvgIpc) is 2.81. The summed E-state index contributed by atoms with van der Waals surface area (Å²) in [5.41, 5.74) is 1.07. The molecule has 0 radical (unpaired) electrons. The second-order valence-corrected chi connectivity index (χ2v) is 4.48. The molecular weight excluding hydrogens is 283 g/mol. The number of methoxy groups -OCH3 is 1.